The Labute approximate surface area is 146 Å². The number of H-pyrrole nitrogens is 1. The van der Waals surface area contributed by atoms with Gasteiger partial charge in [-0.3, -0.25) is 4.90 Å². The van der Waals surface area contributed by atoms with E-state index in [-0.39, 0.29) is 30.9 Å². The molecule has 1 aromatic carbocycles. The van der Waals surface area contributed by atoms with Gasteiger partial charge in [-0.2, -0.15) is 0 Å². The highest BCUT2D eigenvalue weighted by atomic mass is 79.9. The number of hydrogen-bond donors (Lipinski definition) is 2. The van der Waals surface area contributed by atoms with E-state index in [0.29, 0.717) is 0 Å². The number of piperazine rings is 1. The van der Waals surface area contributed by atoms with Gasteiger partial charge in [-0.05, 0) is 23.8 Å². The number of benzene rings is 1. The lowest BCUT2D eigenvalue weighted by Gasteiger charge is -2.33. The fourth-order valence-electron chi connectivity index (χ4n) is 2.79. The van der Waals surface area contributed by atoms with Crippen molar-refractivity contribution in [2.24, 2.45) is 0 Å². The number of halogens is 3. The topological polar surface area (TPSA) is 31.1 Å². The Morgan fingerprint density at radius 2 is 1.95 bits per heavy atom. The van der Waals surface area contributed by atoms with Crippen LogP contribution in [0.2, 0.25) is 0 Å². The Morgan fingerprint density at radius 1 is 1.24 bits per heavy atom. The quantitative estimate of drug-likeness (QED) is 0.776. The number of rotatable bonds is 3. The van der Waals surface area contributed by atoms with Crippen molar-refractivity contribution < 1.29 is 0 Å². The highest BCUT2D eigenvalue weighted by Gasteiger charge is 2.21. The first kappa shape index (κ1) is 18.5. The molecule has 2 heterocycles. The molecular formula is C15H20BrCl2N3. The molecule has 0 spiro atoms. The third-order valence-electron chi connectivity index (χ3n) is 3.76. The molecule has 116 valence electrons. The summed E-state index contributed by atoms with van der Waals surface area (Å²) in [5.41, 5.74) is 2.49. The van der Waals surface area contributed by atoms with Crippen LogP contribution in [-0.4, -0.2) is 36.1 Å². The number of nitrogens with zero attached hydrogens (tertiary/aromatic N) is 1. The molecule has 1 fully saturated rings. The van der Waals surface area contributed by atoms with Gasteiger partial charge in [0.15, 0.2) is 0 Å². The summed E-state index contributed by atoms with van der Waals surface area (Å²) in [5, 5.41) is 4.67. The lowest BCUT2D eigenvalue weighted by Crippen LogP contribution is -2.44. The van der Waals surface area contributed by atoms with Crippen molar-refractivity contribution in [3.63, 3.8) is 0 Å². The molecule has 0 amide bonds. The van der Waals surface area contributed by atoms with E-state index >= 15 is 0 Å². The highest BCUT2D eigenvalue weighted by Crippen LogP contribution is 2.31. The molecule has 2 aromatic rings. The summed E-state index contributed by atoms with van der Waals surface area (Å²) >= 11 is 3.56. The minimum atomic E-state index is 0. The maximum atomic E-state index is 4.03. The second-order valence-electron chi connectivity index (χ2n) is 4.90. The van der Waals surface area contributed by atoms with Gasteiger partial charge in [-0.25, -0.2) is 0 Å². The molecule has 1 atom stereocenters. The minimum absolute atomic E-state index is 0. The Morgan fingerprint density at radius 3 is 2.62 bits per heavy atom. The Balaban J connectivity index is 0.00000110. The zero-order valence-corrected chi connectivity index (χ0v) is 14.9. The van der Waals surface area contributed by atoms with Crippen LogP contribution >= 0.6 is 40.7 Å². The summed E-state index contributed by atoms with van der Waals surface area (Å²) in [4.78, 5) is 5.84. The third kappa shape index (κ3) is 3.82. The predicted molar refractivity (Wildman–Crippen MR) is 97.9 cm³/mol. The molecule has 6 heteroatoms. The summed E-state index contributed by atoms with van der Waals surface area (Å²) in [7, 11) is 0. The number of fused-ring (bicyclic) bond motifs is 1. The van der Waals surface area contributed by atoms with E-state index in [2.05, 4.69) is 68.2 Å². The zero-order valence-electron chi connectivity index (χ0n) is 11.6. The largest absolute Gasteiger partial charge is 0.361 e. The number of aromatic nitrogens is 1. The predicted octanol–water partition coefficient (Wildman–Crippen LogP) is 3.91. The molecule has 1 saturated heterocycles. The third-order valence-corrected chi connectivity index (χ3v) is 4.26. The van der Waals surface area contributed by atoms with Crippen LogP contribution in [0.15, 0.2) is 41.5 Å². The summed E-state index contributed by atoms with van der Waals surface area (Å²) < 4.78 is 1.11. The van der Waals surface area contributed by atoms with E-state index in [0.717, 1.165) is 30.7 Å². The first-order valence-corrected chi connectivity index (χ1v) is 7.43. The molecule has 1 aliphatic heterocycles. The number of aromatic amines is 1. The van der Waals surface area contributed by atoms with E-state index in [1.165, 1.54) is 16.5 Å². The minimum Gasteiger partial charge on any atom is -0.361 e. The molecule has 0 unspecified atom stereocenters. The SMILES string of the molecule is C=C[C@H](c1c[nH]c2ccc(Br)cc12)N1CCNCC1.Cl.Cl. The molecule has 0 aliphatic carbocycles. The van der Waals surface area contributed by atoms with Crippen LogP contribution in [0.25, 0.3) is 10.9 Å². The maximum Gasteiger partial charge on any atom is 0.0551 e. The Kier molecular flexibility index (Phi) is 7.24. The van der Waals surface area contributed by atoms with Crippen LogP contribution < -0.4 is 5.32 Å². The van der Waals surface area contributed by atoms with Crippen LogP contribution in [0.1, 0.15) is 11.6 Å². The van der Waals surface area contributed by atoms with Crippen molar-refractivity contribution in [3.8, 4) is 0 Å². The van der Waals surface area contributed by atoms with Crippen LogP contribution in [0, 0.1) is 0 Å². The van der Waals surface area contributed by atoms with Crippen LogP contribution in [0.3, 0.4) is 0 Å². The Hall–Kier alpha value is -0.520. The van der Waals surface area contributed by atoms with Crippen LogP contribution in [0.5, 0.6) is 0 Å². The van der Waals surface area contributed by atoms with Gasteiger partial charge < -0.3 is 10.3 Å². The van der Waals surface area contributed by atoms with E-state index in [1.807, 2.05) is 0 Å². The van der Waals surface area contributed by atoms with Gasteiger partial charge >= 0.3 is 0 Å². The average molecular weight is 393 g/mol. The van der Waals surface area contributed by atoms with E-state index < -0.39 is 0 Å². The fraction of sp³-hybridized carbons (Fsp3) is 0.333. The lowest BCUT2D eigenvalue weighted by molar-refractivity contribution is 0.204. The van der Waals surface area contributed by atoms with E-state index in [9.17, 15) is 0 Å². The van der Waals surface area contributed by atoms with Crippen molar-refractivity contribution >= 4 is 51.6 Å². The summed E-state index contributed by atoms with van der Waals surface area (Å²) in [6.07, 6.45) is 4.17. The molecule has 0 bridgehead atoms. The molecule has 0 radical (unpaired) electrons. The normalized spacial score (nSPS) is 16.8. The summed E-state index contributed by atoms with van der Waals surface area (Å²) in [5.74, 6) is 0. The highest BCUT2D eigenvalue weighted by molar-refractivity contribution is 9.10. The van der Waals surface area contributed by atoms with Crippen molar-refractivity contribution in [1.29, 1.82) is 0 Å². The maximum absolute atomic E-state index is 4.03. The van der Waals surface area contributed by atoms with Gasteiger partial charge in [0.1, 0.15) is 0 Å². The van der Waals surface area contributed by atoms with Gasteiger partial charge in [0.05, 0.1) is 6.04 Å². The molecule has 3 nitrogen and oxygen atoms in total. The summed E-state index contributed by atoms with van der Waals surface area (Å²) in [6, 6.07) is 6.64. The van der Waals surface area contributed by atoms with Crippen molar-refractivity contribution in [2.75, 3.05) is 26.2 Å². The molecule has 2 N–H and O–H groups in total. The summed E-state index contributed by atoms with van der Waals surface area (Å²) in [6.45, 7) is 8.27. The van der Waals surface area contributed by atoms with Crippen molar-refractivity contribution in [1.82, 2.24) is 15.2 Å². The average Bonchev–Trinajstić information content (AvgIpc) is 2.84. The van der Waals surface area contributed by atoms with E-state index in [4.69, 9.17) is 0 Å². The van der Waals surface area contributed by atoms with Gasteiger partial charge in [0.2, 0.25) is 0 Å². The lowest BCUT2D eigenvalue weighted by atomic mass is 10.0. The fourth-order valence-corrected chi connectivity index (χ4v) is 3.15. The molecular weight excluding hydrogens is 373 g/mol. The van der Waals surface area contributed by atoms with Gasteiger partial charge in [0.25, 0.3) is 0 Å². The molecule has 0 saturated carbocycles. The standard InChI is InChI=1S/C15H18BrN3.2ClH/c1-2-15(19-7-5-17-6-8-19)13-10-18-14-4-3-11(16)9-12(13)14;;/h2-4,9-10,15,17-18H,1,5-8H2;2*1H/t15-;;/m1../s1. The number of hydrogen-bond acceptors (Lipinski definition) is 2. The molecule has 21 heavy (non-hydrogen) atoms. The van der Waals surface area contributed by atoms with Crippen LogP contribution in [0.4, 0.5) is 0 Å². The monoisotopic (exact) mass is 391 g/mol. The molecule has 1 aliphatic rings. The zero-order chi connectivity index (χ0) is 13.2. The van der Waals surface area contributed by atoms with Crippen molar-refractivity contribution in [3.05, 3.63) is 47.1 Å². The molecule has 3 rings (SSSR count). The second kappa shape index (κ2) is 8.20. The number of nitrogens with one attached hydrogen (secondary N) is 2. The van der Waals surface area contributed by atoms with Crippen LogP contribution in [-0.2, 0) is 0 Å². The van der Waals surface area contributed by atoms with Crippen molar-refractivity contribution in [2.45, 2.75) is 6.04 Å². The van der Waals surface area contributed by atoms with Gasteiger partial charge in [-0.15, -0.1) is 31.4 Å². The smallest absolute Gasteiger partial charge is 0.0551 e. The van der Waals surface area contributed by atoms with Gasteiger partial charge in [-0.1, -0.05) is 22.0 Å². The van der Waals surface area contributed by atoms with E-state index in [1.54, 1.807) is 0 Å². The Bertz CT molecular complexity index is 594. The first-order chi connectivity index (χ1) is 9.29. The molecule has 1 aromatic heterocycles. The first-order valence-electron chi connectivity index (χ1n) is 6.63. The second-order valence-corrected chi connectivity index (χ2v) is 5.82. The van der Waals surface area contributed by atoms with Gasteiger partial charge in [0, 0.05) is 47.8 Å².